The summed E-state index contributed by atoms with van der Waals surface area (Å²) < 4.78 is 2.47. The predicted octanol–water partition coefficient (Wildman–Crippen LogP) is 5.18. The number of imidazole rings is 1. The number of anilines is 1. The highest BCUT2D eigenvalue weighted by Crippen LogP contribution is 2.40. The van der Waals surface area contributed by atoms with Gasteiger partial charge in [-0.1, -0.05) is 44.2 Å². The number of amides is 1. The van der Waals surface area contributed by atoms with E-state index in [0.29, 0.717) is 12.0 Å². The van der Waals surface area contributed by atoms with Gasteiger partial charge in [0, 0.05) is 23.6 Å². The first kappa shape index (κ1) is 21.0. The summed E-state index contributed by atoms with van der Waals surface area (Å²) in [5.74, 6) is 1.73. The Morgan fingerprint density at radius 1 is 1.16 bits per heavy atom. The Balaban J connectivity index is 1.73. The maximum Gasteiger partial charge on any atom is 0.412 e. The second-order valence-corrected chi connectivity index (χ2v) is 9.48. The third-order valence-corrected chi connectivity index (χ3v) is 7.45. The molecule has 5 rings (SSSR count). The number of carbonyl (C=O) groups is 1. The lowest BCUT2D eigenvalue weighted by Gasteiger charge is -2.34. The molecular formula is C26H32N4O2. The summed E-state index contributed by atoms with van der Waals surface area (Å²) in [6.45, 7) is 8.53. The number of aromatic nitrogens is 2. The molecule has 2 N–H and O–H groups in total. The molecule has 1 amide bonds. The average Bonchev–Trinajstić information content (AvgIpc) is 3.18. The topological polar surface area (TPSA) is 70.4 Å². The fraction of sp³-hybridized carbons (Fsp3) is 0.462. The third-order valence-electron chi connectivity index (χ3n) is 7.45. The average molecular weight is 433 g/mol. The number of fused-ring (bicyclic) bond motifs is 3. The van der Waals surface area contributed by atoms with Crippen LogP contribution in [0.5, 0.6) is 0 Å². The summed E-state index contributed by atoms with van der Waals surface area (Å²) in [5.41, 5.74) is 5.24. The first-order valence-electron chi connectivity index (χ1n) is 11.8. The maximum atomic E-state index is 12.0. The summed E-state index contributed by atoms with van der Waals surface area (Å²) in [4.78, 5) is 18.8. The van der Waals surface area contributed by atoms with Crippen molar-refractivity contribution < 1.29 is 9.90 Å². The summed E-state index contributed by atoms with van der Waals surface area (Å²) in [5, 5.41) is 13.4. The molecule has 2 aromatic carbocycles. The molecule has 4 atom stereocenters. The lowest BCUT2D eigenvalue weighted by Crippen LogP contribution is -2.41. The number of hydrogen-bond donors (Lipinski definition) is 2. The van der Waals surface area contributed by atoms with Crippen LogP contribution in [0.3, 0.4) is 0 Å². The highest BCUT2D eigenvalue weighted by molar-refractivity contribution is 5.94. The fourth-order valence-corrected chi connectivity index (χ4v) is 5.64. The van der Waals surface area contributed by atoms with Gasteiger partial charge in [-0.3, -0.25) is 4.90 Å². The Kier molecular flexibility index (Phi) is 5.41. The van der Waals surface area contributed by atoms with E-state index in [4.69, 9.17) is 4.98 Å². The van der Waals surface area contributed by atoms with Gasteiger partial charge in [-0.05, 0) is 62.9 Å². The molecule has 0 radical (unpaired) electrons. The van der Waals surface area contributed by atoms with E-state index >= 15 is 0 Å². The first-order valence-corrected chi connectivity index (χ1v) is 11.8. The second-order valence-electron chi connectivity index (χ2n) is 9.48. The van der Waals surface area contributed by atoms with Crippen LogP contribution in [0.2, 0.25) is 0 Å². The summed E-state index contributed by atoms with van der Waals surface area (Å²) in [6, 6.07) is 15.0. The van der Waals surface area contributed by atoms with E-state index in [-0.39, 0.29) is 12.0 Å². The lowest BCUT2D eigenvalue weighted by atomic mass is 9.92. The number of nitrogens with zero attached hydrogens (tertiary/aromatic N) is 3. The van der Waals surface area contributed by atoms with Crippen LogP contribution in [-0.4, -0.2) is 39.9 Å². The number of carboxylic acid groups (broad SMARTS) is 1. The van der Waals surface area contributed by atoms with Crippen LogP contribution in [0.1, 0.15) is 62.5 Å². The lowest BCUT2D eigenvalue weighted by molar-refractivity contribution is 0.198. The summed E-state index contributed by atoms with van der Waals surface area (Å²) in [7, 11) is 0. The van der Waals surface area contributed by atoms with Crippen LogP contribution >= 0.6 is 0 Å². The summed E-state index contributed by atoms with van der Waals surface area (Å²) in [6.07, 6.45) is 1.85. The zero-order chi connectivity index (χ0) is 22.4. The molecule has 1 aromatic heterocycles. The van der Waals surface area contributed by atoms with Gasteiger partial charge < -0.3 is 15.0 Å². The largest absolute Gasteiger partial charge is 0.465 e. The molecule has 2 aliphatic rings. The molecule has 0 saturated carbocycles. The van der Waals surface area contributed by atoms with Crippen LogP contribution < -0.4 is 10.2 Å². The van der Waals surface area contributed by atoms with Crippen molar-refractivity contribution in [3.63, 3.8) is 0 Å². The van der Waals surface area contributed by atoms with Gasteiger partial charge in [0.05, 0.1) is 16.7 Å². The molecule has 168 valence electrons. The van der Waals surface area contributed by atoms with E-state index in [1.807, 2.05) is 19.1 Å². The van der Waals surface area contributed by atoms with Gasteiger partial charge in [0.25, 0.3) is 0 Å². The molecule has 6 heteroatoms. The van der Waals surface area contributed by atoms with Crippen molar-refractivity contribution in [3.8, 4) is 0 Å². The minimum atomic E-state index is -0.887. The van der Waals surface area contributed by atoms with E-state index in [9.17, 15) is 9.90 Å². The maximum absolute atomic E-state index is 12.0. The van der Waals surface area contributed by atoms with Crippen LogP contribution in [0, 0.1) is 5.92 Å². The number of hydrogen-bond acceptors (Lipinski definition) is 3. The summed E-state index contributed by atoms with van der Waals surface area (Å²) >= 11 is 0. The molecule has 0 bridgehead atoms. The van der Waals surface area contributed by atoms with E-state index < -0.39 is 6.09 Å². The molecule has 6 nitrogen and oxygen atoms in total. The number of piperidine rings is 1. The molecule has 3 heterocycles. The van der Waals surface area contributed by atoms with Crippen molar-refractivity contribution in [1.29, 1.82) is 0 Å². The Bertz CT molecular complexity index is 1140. The molecular weight excluding hydrogens is 400 g/mol. The molecule has 1 saturated heterocycles. The normalized spacial score (nSPS) is 24.3. The van der Waals surface area contributed by atoms with Gasteiger partial charge in [-0.15, -0.1) is 0 Å². The number of benzene rings is 2. The van der Waals surface area contributed by atoms with E-state index in [0.717, 1.165) is 60.5 Å². The van der Waals surface area contributed by atoms with Gasteiger partial charge in [0.1, 0.15) is 5.82 Å². The Morgan fingerprint density at radius 3 is 2.66 bits per heavy atom. The highest BCUT2D eigenvalue weighted by atomic mass is 16.4. The molecule has 3 unspecified atom stereocenters. The molecule has 0 aliphatic carbocycles. The molecule has 1 fully saturated rings. The quantitative estimate of drug-likeness (QED) is 0.598. The Hall–Kier alpha value is -2.86. The molecule has 32 heavy (non-hydrogen) atoms. The van der Waals surface area contributed by atoms with Crippen molar-refractivity contribution in [2.75, 3.05) is 18.0 Å². The second kappa shape index (κ2) is 8.24. The van der Waals surface area contributed by atoms with Crippen LogP contribution in [0.15, 0.2) is 42.5 Å². The predicted molar refractivity (Wildman–Crippen MR) is 128 cm³/mol. The van der Waals surface area contributed by atoms with Crippen LogP contribution in [0.4, 0.5) is 10.5 Å². The number of aryl methyl sites for hydroxylation is 1. The van der Waals surface area contributed by atoms with Gasteiger partial charge >= 0.3 is 6.09 Å². The van der Waals surface area contributed by atoms with Crippen molar-refractivity contribution in [1.82, 2.24) is 14.9 Å². The highest BCUT2D eigenvalue weighted by Gasteiger charge is 2.33. The molecule has 0 spiro atoms. The SMILES string of the molecule is CC(c1ccccc1)c1nc2c3c(ccc2n1C1CCNCC1C)N(C(=O)O)[C@@H](C)CC3. The van der Waals surface area contributed by atoms with Gasteiger partial charge in [0.15, 0.2) is 0 Å². The van der Waals surface area contributed by atoms with E-state index in [1.165, 1.54) is 10.5 Å². The zero-order valence-corrected chi connectivity index (χ0v) is 19.1. The van der Waals surface area contributed by atoms with Crippen LogP contribution in [0.25, 0.3) is 11.0 Å². The van der Waals surface area contributed by atoms with Crippen LogP contribution in [-0.2, 0) is 6.42 Å². The molecule has 3 aromatic rings. The zero-order valence-electron chi connectivity index (χ0n) is 19.1. The Labute approximate surface area is 189 Å². The third kappa shape index (κ3) is 3.37. The van der Waals surface area contributed by atoms with Gasteiger partial charge in [-0.2, -0.15) is 0 Å². The van der Waals surface area contributed by atoms with Gasteiger partial charge in [-0.25, -0.2) is 9.78 Å². The Morgan fingerprint density at radius 2 is 1.94 bits per heavy atom. The monoisotopic (exact) mass is 432 g/mol. The van der Waals surface area contributed by atoms with Crippen molar-refractivity contribution in [3.05, 3.63) is 59.4 Å². The van der Waals surface area contributed by atoms with Crippen molar-refractivity contribution in [2.24, 2.45) is 5.92 Å². The minimum absolute atomic E-state index is 0.0216. The van der Waals surface area contributed by atoms with Gasteiger partial charge in [0.2, 0.25) is 0 Å². The standard InChI is InChI=1S/C26H32N4O2/c1-16-15-27-14-13-21(16)30-23-12-11-22-20(10-9-17(2)29(22)26(31)32)24(23)28-25(30)18(3)19-7-5-4-6-8-19/h4-8,11-12,16-18,21,27H,9-10,13-15H2,1-3H3,(H,31,32)/t16?,17-,18?,21?/m0/s1. The smallest absolute Gasteiger partial charge is 0.412 e. The first-order chi connectivity index (χ1) is 15.5. The molecule has 2 aliphatic heterocycles. The number of rotatable bonds is 3. The van der Waals surface area contributed by atoms with Crippen molar-refractivity contribution in [2.45, 2.75) is 58.0 Å². The number of nitrogens with one attached hydrogen (secondary N) is 1. The van der Waals surface area contributed by atoms with E-state index in [2.05, 4.69) is 54.1 Å². The van der Waals surface area contributed by atoms with E-state index in [1.54, 1.807) is 0 Å². The van der Waals surface area contributed by atoms with Crippen molar-refractivity contribution >= 4 is 22.8 Å². The minimum Gasteiger partial charge on any atom is -0.465 e. The fourth-order valence-electron chi connectivity index (χ4n) is 5.64.